The van der Waals surface area contributed by atoms with Crippen LogP contribution in [0.2, 0.25) is 0 Å². The first kappa shape index (κ1) is 13.5. The van der Waals surface area contributed by atoms with Crippen molar-refractivity contribution in [1.29, 1.82) is 0 Å². The monoisotopic (exact) mass is 300 g/mol. The Hall–Kier alpha value is -1.56. The first-order valence-electron chi connectivity index (χ1n) is 5.01. The average Bonchev–Trinajstić information content (AvgIpc) is 2.25. The minimum atomic E-state index is -1.03. The van der Waals surface area contributed by atoms with Gasteiger partial charge in [0.05, 0.1) is 17.8 Å². The molecular formula is C11H13BrN2O3. The number of aromatic carboxylic acids is 1. The minimum absolute atomic E-state index is 0.00671. The third-order valence-electron chi connectivity index (χ3n) is 2.26. The van der Waals surface area contributed by atoms with E-state index in [1.54, 1.807) is 17.0 Å². The van der Waals surface area contributed by atoms with Crippen molar-refractivity contribution in [3.63, 3.8) is 0 Å². The lowest BCUT2D eigenvalue weighted by atomic mass is 10.1. The number of amides is 1. The van der Waals surface area contributed by atoms with Gasteiger partial charge in [-0.3, -0.25) is 4.79 Å². The topological polar surface area (TPSA) is 83.6 Å². The molecular weight excluding hydrogens is 288 g/mol. The number of halogens is 1. The number of primary amides is 1. The Bertz CT molecular complexity index is 448. The van der Waals surface area contributed by atoms with Gasteiger partial charge in [-0.25, -0.2) is 4.79 Å². The molecule has 5 nitrogen and oxygen atoms in total. The number of nitrogens with zero attached hydrogens (tertiary/aromatic N) is 1. The van der Waals surface area contributed by atoms with Gasteiger partial charge in [-0.2, -0.15) is 0 Å². The molecule has 17 heavy (non-hydrogen) atoms. The number of carbonyl (C=O) groups excluding carboxylic acids is 1. The van der Waals surface area contributed by atoms with E-state index in [1.807, 2.05) is 6.92 Å². The van der Waals surface area contributed by atoms with E-state index in [0.29, 0.717) is 12.2 Å². The van der Waals surface area contributed by atoms with Crippen molar-refractivity contribution in [1.82, 2.24) is 0 Å². The Morgan fingerprint density at radius 1 is 1.47 bits per heavy atom. The molecule has 0 aliphatic heterocycles. The first-order valence-corrected chi connectivity index (χ1v) is 5.81. The fourth-order valence-electron chi connectivity index (χ4n) is 1.50. The summed E-state index contributed by atoms with van der Waals surface area (Å²) in [4.78, 5) is 23.6. The second kappa shape index (κ2) is 5.67. The highest BCUT2D eigenvalue weighted by molar-refractivity contribution is 9.10. The van der Waals surface area contributed by atoms with Crippen molar-refractivity contribution in [3.8, 4) is 0 Å². The molecule has 0 unspecified atom stereocenters. The Morgan fingerprint density at radius 2 is 2.12 bits per heavy atom. The third kappa shape index (κ3) is 3.45. The van der Waals surface area contributed by atoms with Crippen molar-refractivity contribution in [2.24, 2.45) is 5.73 Å². The van der Waals surface area contributed by atoms with Gasteiger partial charge in [0.25, 0.3) is 0 Å². The van der Waals surface area contributed by atoms with E-state index in [-0.39, 0.29) is 12.1 Å². The summed E-state index contributed by atoms with van der Waals surface area (Å²) in [5.41, 5.74) is 5.76. The normalized spacial score (nSPS) is 10.0. The Kier molecular flexibility index (Phi) is 4.51. The number of nitrogens with two attached hydrogens (primary N) is 1. The predicted molar refractivity (Wildman–Crippen MR) is 68.2 cm³/mol. The smallest absolute Gasteiger partial charge is 0.337 e. The summed E-state index contributed by atoms with van der Waals surface area (Å²) in [6, 6.07) is 4.80. The summed E-state index contributed by atoms with van der Waals surface area (Å²) in [6.45, 7) is 2.32. The maximum Gasteiger partial charge on any atom is 0.337 e. The summed E-state index contributed by atoms with van der Waals surface area (Å²) in [7, 11) is 0. The average molecular weight is 301 g/mol. The zero-order valence-electron chi connectivity index (χ0n) is 9.31. The van der Waals surface area contributed by atoms with Crippen molar-refractivity contribution in [2.75, 3.05) is 18.0 Å². The molecule has 6 heteroatoms. The van der Waals surface area contributed by atoms with Gasteiger partial charge in [-0.15, -0.1) is 0 Å². The molecule has 0 aliphatic rings. The fourth-order valence-corrected chi connectivity index (χ4v) is 1.85. The molecule has 1 aromatic carbocycles. The van der Waals surface area contributed by atoms with Crippen LogP contribution in [-0.4, -0.2) is 30.1 Å². The summed E-state index contributed by atoms with van der Waals surface area (Å²) in [5.74, 6) is -1.53. The maximum atomic E-state index is 11.1. The van der Waals surface area contributed by atoms with Crippen molar-refractivity contribution < 1.29 is 14.7 Å². The number of carboxylic acids is 1. The molecule has 1 aromatic rings. The molecule has 1 amide bonds. The molecule has 0 saturated carbocycles. The van der Waals surface area contributed by atoms with Crippen LogP contribution in [0.5, 0.6) is 0 Å². The Balaban J connectivity index is 3.20. The van der Waals surface area contributed by atoms with Gasteiger partial charge in [-0.1, -0.05) is 15.9 Å². The fraction of sp³-hybridized carbons (Fsp3) is 0.273. The van der Waals surface area contributed by atoms with Gasteiger partial charge in [0.15, 0.2) is 0 Å². The van der Waals surface area contributed by atoms with Crippen LogP contribution in [0.25, 0.3) is 0 Å². The molecule has 0 aromatic heterocycles. The van der Waals surface area contributed by atoms with Gasteiger partial charge >= 0.3 is 5.97 Å². The van der Waals surface area contributed by atoms with Crippen molar-refractivity contribution in [2.45, 2.75) is 6.92 Å². The number of rotatable bonds is 5. The highest BCUT2D eigenvalue weighted by atomic mass is 79.9. The van der Waals surface area contributed by atoms with Gasteiger partial charge in [-0.05, 0) is 25.1 Å². The van der Waals surface area contributed by atoms with Crippen molar-refractivity contribution in [3.05, 3.63) is 28.2 Å². The van der Waals surface area contributed by atoms with E-state index in [0.717, 1.165) is 4.47 Å². The minimum Gasteiger partial charge on any atom is -0.478 e. The lowest BCUT2D eigenvalue weighted by Crippen LogP contribution is -2.34. The molecule has 0 saturated heterocycles. The van der Waals surface area contributed by atoms with Crippen molar-refractivity contribution >= 4 is 33.5 Å². The van der Waals surface area contributed by atoms with Gasteiger partial charge in [0, 0.05) is 11.0 Å². The van der Waals surface area contributed by atoms with Gasteiger partial charge in [0.1, 0.15) is 0 Å². The highest BCUT2D eigenvalue weighted by Crippen LogP contribution is 2.25. The number of hydrogen-bond donors (Lipinski definition) is 2. The molecule has 0 heterocycles. The number of benzene rings is 1. The zero-order chi connectivity index (χ0) is 13.0. The molecule has 0 radical (unpaired) electrons. The van der Waals surface area contributed by atoms with Gasteiger partial charge in [0.2, 0.25) is 5.91 Å². The van der Waals surface area contributed by atoms with E-state index >= 15 is 0 Å². The lowest BCUT2D eigenvalue weighted by molar-refractivity contribution is -0.116. The van der Waals surface area contributed by atoms with E-state index in [4.69, 9.17) is 10.8 Å². The van der Waals surface area contributed by atoms with Crippen LogP contribution in [0.1, 0.15) is 17.3 Å². The SMILES string of the molecule is CCN(CC(N)=O)c1cc(Br)ccc1C(=O)O. The standard InChI is InChI=1S/C11H13BrN2O3/c1-2-14(6-10(13)15)9-5-7(12)3-4-8(9)11(16)17/h3-5H,2,6H2,1H3,(H2,13,15)(H,16,17). The number of carboxylic acid groups (broad SMARTS) is 1. The van der Waals surface area contributed by atoms with E-state index in [9.17, 15) is 9.59 Å². The predicted octanol–water partition coefficient (Wildman–Crippen LogP) is 1.46. The molecule has 3 N–H and O–H groups in total. The molecule has 1 rings (SSSR count). The van der Waals surface area contributed by atoms with Crippen LogP contribution in [-0.2, 0) is 4.79 Å². The highest BCUT2D eigenvalue weighted by Gasteiger charge is 2.16. The van der Waals surface area contributed by atoms with Crippen LogP contribution in [0, 0.1) is 0 Å². The van der Waals surface area contributed by atoms with Crippen LogP contribution in [0.4, 0.5) is 5.69 Å². The molecule has 0 atom stereocenters. The Morgan fingerprint density at radius 3 is 2.59 bits per heavy atom. The number of carbonyl (C=O) groups is 2. The number of anilines is 1. The van der Waals surface area contributed by atoms with Crippen LogP contribution in [0.15, 0.2) is 22.7 Å². The number of likely N-dealkylation sites (N-methyl/N-ethyl adjacent to an activating group) is 1. The molecule has 0 bridgehead atoms. The van der Waals surface area contributed by atoms with E-state index in [1.165, 1.54) is 6.07 Å². The molecule has 92 valence electrons. The second-order valence-electron chi connectivity index (χ2n) is 3.45. The van der Waals surface area contributed by atoms with Crippen LogP contribution in [0.3, 0.4) is 0 Å². The summed E-state index contributed by atoms with van der Waals surface area (Å²) in [6.07, 6.45) is 0. The van der Waals surface area contributed by atoms with Crippen LogP contribution < -0.4 is 10.6 Å². The molecule has 0 aliphatic carbocycles. The third-order valence-corrected chi connectivity index (χ3v) is 2.75. The Labute approximate surface area is 107 Å². The first-order chi connectivity index (χ1) is 7.95. The van der Waals surface area contributed by atoms with Crippen LogP contribution >= 0.6 is 15.9 Å². The summed E-state index contributed by atoms with van der Waals surface area (Å²) < 4.78 is 0.750. The quantitative estimate of drug-likeness (QED) is 0.862. The van der Waals surface area contributed by atoms with E-state index in [2.05, 4.69) is 15.9 Å². The number of hydrogen-bond acceptors (Lipinski definition) is 3. The molecule has 0 fully saturated rings. The zero-order valence-corrected chi connectivity index (χ0v) is 10.9. The molecule has 0 spiro atoms. The van der Waals surface area contributed by atoms with E-state index < -0.39 is 11.9 Å². The maximum absolute atomic E-state index is 11.1. The summed E-state index contributed by atoms with van der Waals surface area (Å²) in [5, 5.41) is 9.08. The van der Waals surface area contributed by atoms with Gasteiger partial charge < -0.3 is 15.7 Å². The lowest BCUT2D eigenvalue weighted by Gasteiger charge is -2.23. The summed E-state index contributed by atoms with van der Waals surface area (Å²) >= 11 is 3.27. The largest absolute Gasteiger partial charge is 0.478 e. The second-order valence-corrected chi connectivity index (χ2v) is 4.36.